The molecule has 0 fully saturated rings. The van der Waals surface area contributed by atoms with Gasteiger partial charge >= 0.3 is 0 Å². The Labute approximate surface area is 362 Å². The molecule has 0 bridgehead atoms. The lowest BCUT2D eigenvalue weighted by molar-refractivity contribution is 1.18. The number of benzene rings is 10. The Hall–Kier alpha value is -8.20. The van der Waals surface area contributed by atoms with Gasteiger partial charge < -0.3 is 9.47 Å². The minimum Gasteiger partial charge on any atom is -0.310 e. The van der Waals surface area contributed by atoms with Crippen LogP contribution in [0.15, 0.2) is 255 Å². The molecular weight excluding hydrogens is 749 g/mol. The van der Waals surface area contributed by atoms with E-state index in [1.807, 2.05) is 0 Å². The maximum atomic E-state index is 2.48. The number of para-hydroxylation sites is 3. The van der Waals surface area contributed by atoms with Crippen LogP contribution in [0.25, 0.3) is 83.1 Å². The Morgan fingerprint density at radius 1 is 0.258 bits per heavy atom. The molecule has 2 heteroatoms. The van der Waals surface area contributed by atoms with Crippen LogP contribution >= 0.6 is 0 Å². The average Bonchev–Trinajstić information content (AvgIpc) is 3.69. The van der Waals surface area contributed by atoms with Gasteiger partial charge in [0.15, 0.2) is 0 Å². The summed E-state index contributed by atoms with van der Waals surface area (Å²) in [6, 6.07) is 92.1. The van der Waals surface area contributed by atoms with Crippen molar-refractivity contribution in [2.45, 2.75) is 0 Å². The molecule has 0 unspecified atom stereocenters. The summed E-state index contributed by atoms with van der Waals surface area (Å²) in [5.74, 6) is 0. The van der Waals surface area contributed by atoms with Gasteiger partial charge in [-0.25, -0.2) is 0 Å². The lowest BCUT2D eigenvalue weighted by Gasteiger charge is -2.28. The molecule has 0 radical (unpaired) electrons. The van der Waals surface area contributed by atoms with Crippen molar-refractivity contribution in [2.24, 2.45) is 0 Å². The minimum atomic E-state index is 1.08. The predicted octanol–water partition coefficient (Wildman–Crippen LogP) is 16.6. The third-order valence-electron chi connectivity index (χ3n) is 12.0. The summed E-state index contributed by atoms with van der Waals surface area (Å²) in [6.07, 6.45) is 0. The molecule has 0 saturated carbocycles. The highest BCUT2D eigenvalue weighted by atomic mass is 15.1. The summed E-state index contributed by atoms with van der Waals surface area (Å²) in [4.78, 5) is 2.40. The summed E-state index contributed by atoms with van der Waals surface area (Å²) in [5, 5.41) is 2.43. The molecular formula is C60H42N2. The number of fused-ring (bicyclic) bond motifs is 3. The van der Waals surface area contributed by atoms with Crippen LogP contribution in [0.4, 0.5) is 17.1 Å². The van der Waals surface area contributed by atoms with E-state index in [1.165, 1.54) is 55.3 Å². The summed E-state index contributed by atoms with van der Waals surface area (Å²) in [6.45, 7) is 0. The third kappa shape index (κ3) is 6.84. The average molecular weight is 791 g/mol. The van der Waals surface area contributed by atoms with Gasteiger partial charge in [-0.05, 0) is 93.0 Å². The van der Waals surface area contributed by atoms with Crippen molar-refractivity contribution in [3.63, 3.8) is 0 Å². The monoisotopic (exact) mass is 790 g/mol. The van der Waals surface area contributed by atoms with E-state index in [4.69, 9.17) is 0 Å². The number of rotatable bonds is 9. The first-order chi connectivity index (χ1) is 30.8. The molecule has 0 aliphatic heterocycles. The summed E-state index contributed by atoms with van der Waals surface area (Å²) in [7, 11) is 0. The molecule has 0 amide bonds. The largest absolute Gasteiger partial charge is 0.310 e. The Balaban J connectivity index is 1.12. The molecule has 0 aliphatic carbocycles. The first-order valence-electron chi connectivity index (χ1n) is 21.3. The molecule has 2 nitrogen and oxygen atoms in total. The van der Waals surface area contributed by atoms with Crippen LogP contribution in [0.2, 0.25) is 0 Å². The van der Waals surface area contributed by atoms with Gasteiger partial charge in [0.05, 0.1) is 22.4 Å². The van der Waals surface area contributed by atoms with E-state index >= 15 is 0 Å². The number of hydrogen-bond donors (Lipinski definition) is 0. The molecule has 10 aromatic carbocycles. The van der Waals surface area contributed by atoms with E-state index in [1.54, 1.807) is 0 Å². The maximum absolute atomic E-state index is 2.48. The van der Waals surface area contributed by atoms with Crippen LogP contribution in [0, 0.1) is 0 Å². The molecule has 0 N–H and O–H groups in total. The standard InChI is InChI=1S/C60H42N2/c1-5-17-43(18-6-1)45-29-31-47(32-30-45)50-37-40-59(56(41-50)49-35-33-46(34-36-49)44-19-7-2-8-20-44)62-58-28-16-14-26-54(58)55-39-38-52(42-60(55)62)61(51-23-11-4-12-24-51)57-27-15-13-25-53(57)48-21-9-3-10-22-48/h1-42H. The molecule has 62 heavy (non-hydrogen) atoms. The quantitative estimate of drug-likeness (QED) is 0.141. The number of anilines is 3. The smallest absolute Gasteiger partial charge is 0.0562 e. The predicted molar refractivity (Wildman–Crippen MR) is 263 cm³/mol. The summed E-state index contributed by atoms with van der Waals surface area (Å²) < 4.78 is 2.48. The van der Waals surface area contributed by atoms with Gasteiger partial charge in [-0.1, -0.05) is 206 Å². The van der Waals surface area contributed by atoms with E-state index in [0.29, 0.717) is 0 Å². The van der Waals surface area contributed by atoms with Gasteiger partial charge in [0, 0.05) is 33.3 Å². The van der Waals surface area contributed by atoms with Gasteiger partial charge in [0.1, 0.15) is 0 Å². The lowest BCUT2D eigenvalue weighted by atomic mass is 9.94. The first kappa shape index (κ1) is 36.8. The molecule has 1 heterocycles. The van der Waals surface area contributed by atoms with Crippen molar-refractivity contribution in [1.29, 1.82) is 0 Å². The van der Waals surface area contributed by atoms with Crippen LogP contribution < -0.4 is 4.90 Å². The first-order valence-corrected chi connectivity index (χ1v) is 21.3. The highest BCUT2D eigenvalue weighted by Crippen LogP contribution is 2.44. The van der Waals surface area contributed by atoms with Crippen LogP contribution in [0.3, 0.4) is 0 Å². The zero-order valence-electron chi connectivity index (χ0n) is 34.1. The second kappa shape index (κ2) is 16.1. The van der Waals surface area contributed by atoms with E-state index < -0.39 is 0 Å². The van der Waals surface area contributed by atoms with E-state index in [0.717, 1.165) is 44.9 Å². The molecule has 292 valence electrons. The summed E-state index contributed by atoms with van der Waals surface area (Å²) in [5.41, 5.74) is 18.6. The highest BCUT2D eigenvalue weighted by molar-refractivity contribution is 6.11. The van der Waals surface area contributed by atoms with Crippen molar-refractivity contribution in [3.05, 3.63) is 255 Å². The second-order valence-corrected chi connectivity index (χ2v) is 15.7. The Morgan fingerprint density at radius 2 is 0.710 bits per heavy atom. The fourth-order valence-electron chi connectivity index (χ4n) is 8.99. The number of nitrogens with zero attached hydrogens (tertiary/aromatic N) is 2. The highest BCUT2D eigenvalue weighted by Gasteiger charge is 2.21. The van der Waals surface area contributed by atoms with E-state index in [2.05, 4.69) is 264 Å². The molecule has 0 saturated heterocycles. The molecule has 1 aromatic heterocycles. The second-order valence-electron chi connectivity index (χ2n) is 15.7. The lowest BCUT2D eigenvalue weighted by Crippen LogP contribution is -2.11. The van der Waals surface area contributed by atoms with Gasteiger partial charge in [-0.15, -0.1) is 0 Å². The van der Waals surface area contributed by atoms with Gasteiger partial charge in [-0.2, -0.15) is 0 Å². The molecule has 11 aromatic rings. The topological polar surface area (TPSA) is 8.17 Å². The van der Waals surface area contributed by atoms with Crippen molar-refractivity contribution in [2.75, 3.05) is 4.90 Å². The minimum absolute atomic E-state index is 1.08. The number of aromatic nitrogens is 1. The normalized spacial score (nSPS) is 11.2. The van der Waals surface area contributed by atoms with E-state index in [9.17, 15) is 0 Å². The van der Waals surface area contributed by atoms with Crippen LogP contribution in [0.5, 0.6) is 0 Å². The Bertz CT molecular complexity index is 3300. The van der Waals surface area contributed by atoms with Crippen LogP contribution in [-0.4, -0.2) is 4.57 Å². The zero-order valence-corrected chi connectivity index (χ0v) is 34.1. The fourth-order valence-corrected chi connectivity index (χ4v) is 8.99. The molecule has 0 atom stereocenters. The van der Waals surface area contributed by atoms with Crippen molar-refractivity contribution in [1.82, 2.24) is 4.57 Å². The van der Waals surface area contributed by atoms with Crippen LogP contribution in [0.1, 0.15) is 0 Å². The summed E-state index contributed by atoms with van der Waals surface area (Å²) >= 11 is 0. The van der Waals surface area contributed by atoms with Crippen molar-refractivity contribution in [3.8, 4) is 61.3 Å². The molecule has 11 rings (SSSR count). The van der Waals surface area contributed by atoms with Crippen molar-refractivity contribution >= 4 is 38.9 Å². The van der Waals surface area contributed by atoms with E-state index in [-0.39, 0.29) is 0 Å². The fraction of sp³-hybridized carbons (Fsp3) is 0. The maximum Gasteiger partial charge on any atom is 0.0562 e. The van der Waals surface area contributed by atoms with Gasteiger partial charge in [-0.3, -0.25) is 0 Å². The molecule has 0 spiro atoms. The zero-order chi connectivity index (χ0) is 41.2. The third-order valence-corrected chi connectivity index (χ3v) is 12.0. The van der Waals surface area contributed by atoms with Gasteiger partial charge in [0.25, 0.3) is 0 Å². The van der Waals surface area contributed by atoms with Crippen molar-refractivity contribution < 1.29 is 0 Å². The van der Waals surface area contributed by atoms with Gasteiger partial charge in [0.2, 0.25) is 0 Å². The van der Waals surface area contributed by atoms with Crippen LogP contribution in [-0.2, 0) is 0 Å². The molecule has 0 aliphatic rings. The number of hydrogen-bond acceptors (Lipinski definition) is 1. The Morgan fingerprint density at radius 3 is 1.35 bits per heavy atom. The Kier molecular flexibility index (Phi) is 9.57. The SMILES string of the molecule is c1ccc(-c2ccc(-c3ccc(-n4c5ccccc5c5ccc(N(c6ccccc6)c6ccccc6-c6ccccc6)cc54)c(-c4ccc(-c5ccccc5)cc4)c3)cc2)cc1.